The first-order valence-corrected chi connectivity index (χ1v) is 6.69. The Hall–Kier alpha value is -2.11. The van der Waals surface area contributed by atoms with Crippen LogP contribution in [0.3, 0.4) is 0 Å². The van der Waals surface area contributed by atoms with Gasteiger partial charge >= 0.3 is 0 Å². The van der Waals surface area contributed by atoms with Crippen LogP contribution in [0.4, 0.5) is 0 Å². The summed E-state index contributed by atoms with van der Waals surface area (Å²) in [6.45, 7) is 0.353. The van der Waals surface area contributed by atoms with Crippen molar-refractivity contribution in [2.24, 2.45) is 5.73 Å². The van der Waals surface area contributed by atoms with Gasteiger partial charge in [-0.05, 0) is 5.39 Å². The molecule has 0 saturated carbocycles. The molecule has 0 saturated heterocycles. The van der Waals surface area contributed by atoms with Crippen molar-refractivity contribution in [3.63, 3.8) is 0 Å². The Kier molecular flexibility index (Phi) is 3.06. The second kappa shape index (κ2) is 4.87. The zero-order chi connectivity index (χ0) is 13.2. The highest BCUT2D eigenvalue weighted by molar-refractivity contribution is 7.09. The van der Waals surface area contributed by atoms with E-state index in [1.807, 2.05) is 24.3 Å². The SMILES string of the molecule is NCc1nc(C(=O)c2cncc3ccccc23)cs1. The number of thiazole rings is 1. The summed E-state index contributed by atoms with van der Waals surface area (Å²) in [5.74, 6) is -0.111. The number of nitrogens with zero attached hydrogens (tertiary/aromatic N) is 2. The highest BCUT2D eigenvalue weighted by atomic mass is 32.1. The van der Waals surface area contributed by atoms with Crippen LogP contribution in [-0.4, -0.2) is 15.8 Å². The smallest absolute Gasteiger partial charge is 0.214 e. The number of rotatable bonds is 3. The number of pyridine rings is 1. The predicted octanol–water partition coefficient (Wildman–Crippen LogP) is 2.38. The summed E-state index contributed by atoms with van der Waals surface area (Å²) in [5, 5.41) is 4.34. The van der Waals surface area contributed by atoms with Gasteiger partial charge in [0.25, 0.3) is 0 Å². The van der Waals surface area contributed by atoms with Gasteiger partial charge in [-0.3, -0.25) is 9.78 Å². The number of aromatic nitrogens is 2. The Morgan fingerprint density at radius 1 is 1.26 bits per heavy atom. The summed E-state index contributed by atoms with van der Waals surface area (Å²) in [4.78, 5) is 20.8. The van der Waals surface area contributed by atoms with E-state index in [-0.39, 0.29) is 5.78 Å². The fourth-order valence-electron chi connectivity index (χ4n) is 1.94. The van der Waals surface area contributed by atoms with Crippen LogP contribution >= 0.6 is 11.3 Å². The third kappa shape index (κ3) is 2.14. The molecule has 0 aliphatic rings. The highest BCUT2D eigenvalue weighted by Gasteiger charge is 2.15. The third-order valence-electron chi connectivity index (χ3n) is 2.87. The molecule has 94 valence electrons. The average molecular weight is 269 g/mol. The molecule has 2 heterocycles. The van der Waals surface area contributed by atoms with E-state index in [0.29, 0.717) is 17.8 Å². The van der Waals surface area contributed by atoms with Crippen LogP contribution in [0, 0.1) is 0 Å². The van der Waals surface area contributed by atoms with Crippen molar-refractivity contribution in [1.82, 2.24) is 9.97 Å². The number of carbonyl (C=O) groups excluding carboxylic acids is 1. The monoisotopic (exact) mass is 269 g/mol. The van der Waals surface area contributed by atoms with Gasteiger partial charge in [0.05, 0.1) is 5.56 Å². The molecule has 0 atom stereocenters. The molecule has 0 bridgehead atoms. The molecule has 0 amide bonds. The first-order chi connectivity index (χ1) is 9.29. The molecule has 0 fully saturated rings. The van der Waals surface area contributed by atoms with Gasteiger partial charge in [-0.25, -0.2) is 4.98 Å². The van der Waals surface area contributed by atoms with Gasteiger partial charge in [0.2, 0.25) is 5.78 Å². The first-order valence-electron chi connectivity index (χ1n) is 5.81. The van der Waals surface area contributed by atoms with Gasteiger partial charge in [-0.1, -0.05) is 24.3 Å². The molecule has 3 rings (SSSR count). The largest absolute Gasteiger partial charge is 0.325 e. The minimum atomic E-state index is -0.111. The van der Waals surface area contributed by atoms with Gasteiger partial charge < -0.3 is 5.73 Å². The van der Waals surface area contributed by atoms with Crippen LogP contribution in [-0.2, 0) is 6.54 Å². The fourth-order valence-corrected chi connectivity index (χ4v) is 2.60. The van der Waals surface area contributed by atoms with E-state index in [0.717, 1.165) is 15.8 Å². The minimum absolute atomic E-state index is 0.111. The molecular weight excluding hydrogens is 258 g/mol. The van der Waals surface area contributed by atoms with Gasteiger partial charge in [-0.15, -0.1) is 11.3 Å². The van der Waals surface area contributed by atoms with Gasteiger partial charge in [-0.2, -0.15) is 0 Å². The van der Waals surface area contributed by atoms with Crippen molar-refractivity contribution >= 4 is 27.9 Å². The predicted molar refractivity (Wildman–Crippen MR) is 75.2 cm³/mol. The summed E-state index contributed by atoms with van der Waals surface area (Å²) >= 11 is 1.40. The van der Waals surface area contributed by atoms with E-state index >= 15 is 0 Å². The normalized spacial score (nSPS) is 10.8. The lowest BCUT2D eigenvalue weighted by Crippen LogP contribution is -2.04. The molecule has 2 N–H and O–H groups in total. The van der Waals surface area contributed by atoms with E-state index in [2.05, 4.69) is 9.97 Å². The molecule has 0 spiro atoms. The maximum absolute atomic E-state index is 12.5. The summed E-state index contributed by atoms with van der Waals surface area (Å²) in [5.41, 5.74) is 6.53. The molecule has 0 radical (unpaired) electrons. The molecule has 0 unspecified atom stereocenters. The lowest BCUT2D eigenvalue weighted by molar-refractivity contribution is 0.103. The van der Waals surface area contributed by atoms with Crippen LogP contribution in [0.1, 0.15) is 21.1 Å². The molecule has 5 heteroatoms. The van der Waals surface area contributed by atoms with E-state index in [9.17, 15) is 4.79 Å². The zero-order valence-electron chi connectivity index (χ0n) is 10.0. The molecule has 0 aliphatic heterocycles. The maximum atomic E-state index is 12.5. The van der Waals surface area contributed by atoms with Crippen LogP contribution in [0.25, 0.3) is 10.8 Å². The van der Waals surface area contributed by atoms with Crippen LogP contribution < -0.4 is 5.73 Å². The van der Waals surface area contributed by atoms with E-state index in [1.165, 1.54) is 11.3 Å². The van der Waals surface area contributed by atoms with Gasteiger partial charge in [0, 0.05) is 29.7 Å². The molecule has 3 aromatic rings. The first kappa shape index (κ1) is 12.0. The summed E-state index contributed by atoms with van der Waals surface area (Å²) in [7, 11) is 0. The number of nitrogens with two attached hydrogens (primary N) is 1. The summed E-state index contributed by atoms with van der Waals surface area (Å²) < 4.78 is 0. The second-order valence-electron chi connectivity index (χ2n) is 4.07. The van der Waals surface area contributed by atoms with Crippen molar-refractivity contribution in [3.8, 4) is 0 Å². The minimum Gasteiger partial charge on any atom is -0.325 e. The Morgan fingerprint density at radius 2 is 2.11 bits per heavy atom. The maximum Gasteiger partial charge on any atom is 0.214 e. The van der Waals surface area contributed by atoms with Crippen molar-refractivity contribution in [2.45, 2.75) is 6.54 Å². The molecule has 1 aromatic carbocycles. The van der Waals surface area contributed by atoms with Crippen molar-refractivity contribution in [2.75, 3.05) is 0 Å². The van der Waals surface area contributed by atoms with Crippen molar-refractivity contribution in [3.05, 3.63) is 58.3 Å². The summed E-state index contributed by atoms with van der Waals surface area (Å²) in [6.07, 6.45) is 3.34. The average Bonchev–Trinajstić information content (AvgIpc) is 2.95. The third-order valence-corrected chi connectivity index (χ3v) is 3.74. The van der Waals surface area contributed by atoms with E-state index in [4.69, 9.17) is 5.73 Å². The number of hydrogen-bond acceptors (Lipinski definition) is 5. The second-order valence-corrected chi connectivity index (χ2v) is 5.01. The molecular formula is C14H11N3OS. The van der Waals surface area contributed by atoms with Gasteiger partial charge in [0.15, 0.2) is 0 Å². The number of carbonyl (C=O) groups is 1. The van der Waals surface area contributed by atoms with Crippen LogP contribution in [0.5, 0.6) is 0 Å². The van der Waals surface area contributed by atoms with Crippen LogP contribution in [0.15, 0.2) is 42.0 Å². The molecule has 2 aromatic heterocycles. The van der Waals surface area contributed by atoms with Crippen LogP contribution in [0.2, 0.25) is 0 Å². The highest BCUT2D eigenvalue weighted by Crippen LogP contribution is 2.21. The standard InChI is InChI=1S/C14H11N3OS/c15-5-13-17-12(8-19-13)14(18)11-7-16-6-9-3-1-2-4-10(9)11/h1-4,6-8H,5,15H2. The topological polar surface area (TPSA) is 68.9 Å². The number of fused-ring (bicyclic) bond motifs is 1. The molecule has 4 nitrogen and oxygen atoms in total. The Labute approximate surface area is 113 Å². The molecule has 0 aliphatic carbocycles. The number of hydrogen-bond donors (Lipinski definition) is 1. The van der Waals surface area contributed by atoms with E-state index in [1.54, 1.807) is 17.8 Å². The lowest BCUT2D eigenvalue weighted by Gasteiger charge is -2.03. The van der Waals surface area contributed by atoms with E-state index < -0.39 is 0 Å². The molecule has 19 heavy (non-hydrogen) atoms. The lowest BCUT2D eigenvalue weighted by atomic mass is 10.0. The van der Waals surface area contributed by atoms with Crippen molar-refractivity contribution < 1.29 is 4.79 Å². The Bertz CT molecular complexity index is 746. The zero-order valence-corrected chi connectivity index (χ0v) is 10.9. The Morgan fingerprint density at radius 3 is 2.89 bits per heavy atom. The van der Waals surface area contributed by atoms with Crippen molar-refractivity contribution in [1.29, 1.82) is 0 Å². The number of benzene rings is 1. The number of ketones is 1. The van der Waals surface area contributed by atoms with Gasteiger partial charge in [0.1, 0.15) is 10.7 Å². The quantitative estimate of drug-likeness (QED) is 0.741. The summed E-state index contributed by atoms with van der Waals surface area (Å²) in [6, 6.07) is 7.69. The Balaban J connectivity index is 2.11. The fraction of sp³-hybridized carbons (Fsp3) is 0.0714.